The second kappa shape index (κ2) is 7.26. The van der Waals surface area contributed by atoms with E-state index in [4.69, 9.17) is 4.52 Å². The zero-order chi connectivity index (χ0) is 17.9. The Balaban J connectivity index is 1.65. The number of amides is 1. The van der Waals surface area contributed by atoms with Crippen LogP contribution in [0.25, 0.3) is 0 Å². The standard InChI is InChI=1S/C17H21N3O4S/c1-13-11-15(19-24-13)7-8-18-17(21)14-5-4-6-16(12-14)20-9-2-3-10-25(20,22)23/h4-6,11-12H,2-3,7-10H2,1H3,(H,18,21). The average Bonchev–Trinajstić information content (AvgIpc) is 3.00. The summed E-state index contributed by atoms with van der Waals surface area (Å²) in [5, 5.41) is 6.70. The predicted molar refractivity (Wildman–Crippen MR) is 94.1 cm³/mol. The van der Waals surface area contributed by atoms with Crippen LogP contribution in [-0.4, -0.2) is 38.3 Å². The minimum Gasteiger partial charge on any atom is -0.361 e. The normalized spacial score (nSPS) is 16.6. The lowest BCUT2D eigenvalue weighted by Crippen LogP contribution is -2.38. The van der Waals surface area contributed by atoms with Crippen LogP contribution in [-0.2, 0) is 16.4 Å². The second-order valence-electron chi connectivity index (χ2n) is 6.08. The maximum atomic E-state index is 12.3. The highest BCUT2D eigenvalue weighted by atomic mass is 32.2. The second-order valence-corrected chi connectivity index (χ2v) is 8.09. The number of hydrogen-bond donors (Lipinski definition) is 1. The van der Waals surface area contributed by atoms with Crippen LogP contribution in [0.3, 0.4) is 0 Å². The van der Waals surface area contributed by atoms with Crippen molar-refractivity contribution in [3.63, 3.8) is 0 Å². The number of benzene rings is 1. The number of nitrogens with zero attached hydrogens (tertiary/aromatic N) is 2. The Bertz CT molecular complexity index is 860. The van der Waals surface area contributed by atoms with Gasteiger partial charge in [-0.3, -0.25) is 9.10 Å². The van der Waals surface area contributed by atoms with E-state index in [2.05, 4.69) is 10.5 Å². The first-order chi connectivity index (χ1) is 12.0. The molecule has 1 aromatic heterocycles. The molecular weight excluding hydrogens is 342 g/mol. The molecule has 0 saturated carbocycles. The Hall–Kier alpha value is -2.35. The van der Waals surface area contributed by atoms with Gasteiger partial charge in [-0.25, -0.2) is 8.42 Å². The van der Waals surface area contributed by atoms with Gasteiger partial charge in [-0.15, -0.1) is 0 Å². The highest BCUT2D eigenvalue weighted by Gasteiger charge is 2.26. The van der Waals surface area contributed by atoms with Crippen LogP contribution in [0.2, 0.25) is 0 Å². The van der Waals surface area contributed by atoms with E-state index in [-0.39, 0.29) is 11.7 Å². The number of sulfonamides is 1. The molecule has 3 rings (SSSR count). The number of aromatic nitrogens is 1. The van der Waals surface area contributed by atoms with E-state index in [1.54, 1.807) is 24.3 Å². The summed E-state index contributed by atoms with van der Waals surface area (Å²) in [4.78, 5) is 12.3. The average molecular weight is 363 g/mol. The number of anilines is 1. The molecule has 1 aliphatic heterocycles. The number of nitrogens with one attached hydrogen (secondary N) is 1. The number of carbonyl (C=O) groups is 1. The molecule has 8 heteroatoms. The minimum atomic E-state index is -3.29. The maximum absolute atomic E-state index is 12.3. The molecule has 25 heavy (non-hydrogen) atoms. The van der Waals surface area contributed by atoms with Crippen molar-refractivity contribution in [1.29, 1.82) is 0 Å². The zero-order valence-electron chi connectivity index (χ0n) is 14.1. The topological polar surface area (TPSA) is 92.5 Å². The van der Waals surface area contributed by atoms with Gasteiger partial charge >= 0.3 is 0 Å². The molecule has 1 fully saturated rings. The van der Waals surface area contributed by atoms with Gasteiger partial charge in [-0.05, 0) is 38.0 Å². The summed E-state index contributed by atoms with van der Waals surface area (Å²) in [6.45, 7) is 2.70. The fourth-order valence-corrected chi connectivity index (χ4v) is 4.45. The van der Waals surface area contributed by atoms with Gasteiger partial charge in [0, 0.05) is 31.1 Å². The molecule has 0 atom stereocenters. The molecule has 2 aromatic rings. The van der Waals surface area contributed by atoms with Gasteiger partial charge in [0.15, 0.2) is 0 Å². The van der Waals surface area contributed by atoms with Crippen LogP contribution in [0.5, 0.6) is 0 Å². The molecule has 1 saturated heterocycles. The summed E-state index contributed by atoms with van der Waals surface area (Å²) < 4.78 is 30.8. The van der Waals surface area contributed by atoms with E-state index in [0.29, 0.717) is 37.2 Å². The zero-order valence-corrected chi connectivity index (χ0v) is 14.9. The molecule has 0 unspecified atom stereocenters. The van der Waals surface area contributed by atoms with Crippen LogP contribution in [0.4, 0.5) is 5.69 Å². The molecule has 1 amide bonds. The van der Waals surface area contributed by atoms with E-state index in [9.17, 15) is 13.2 Å². The third-order valence-electron chi connectivity index (χ3n) is 4.09. The summed E-state index contributed by atoms with van der Waals surface area (Å²) >= 11 is 0. The van der Waals surface area contributed by atoms with Crippen molar-refractivity contribution in [3.8, 4) is 0 Å². The number of hydrogen-bond acceptors (Lipinski definition) is 5. The van der Waals surface area contributed by atoms with Crippen LogP contribution in [0.15, 0.2) is 34.9 Å². The molecule has 1 aliphatic rings. The summed E-state index contributed by atoms with van der Waals surface area (Å²) in [5.41, 5.74) is 1.76. The first kappa shape index (κ1) is 17.5. The lowest BCUT2D eigenvalue weighted by Gasteiger charge is -2.28. The van der Waals surface area contributed by atoms with E-state index in [1.807, 2.05) is 13.0 Å². The van der Waals surface area contributed by atoms with Gasteiger partial charge in [0.2, 0.25) is 10.0 Å². The summed E-state index contributed by atoms with van der Waals surface area (Å²) in [5.74, 6) is 0.647. The van der Waals surface area contributed by atoms with E-state index < -0.39 is 10.0 Å². The molecule has 134 valence electrons. The van der Waals surface area contributed by atoms with Gasteiger partial charge in [0.1, 0.15) is 5.76 Å². The largest absolute Gasteiger partial charge is 0.361 e. The molecule has 0 aliphatic carbocycles. The summed E-state index contributed by atoms with van der Waals surface area (Å²) in [6.07, 6.45) is 2.08. The van der Waals surface area contributed by atoms with Gasteiger partial charge in [0.05, 0.1) is 17.1 Å². The smallest absolute Gasteiger partial charge is 0.251 e. The Labute approximate surface area is 147 Å². The van der Waals surface area contributed by atoms with Crippen LogP contribution >= 0.6 is 0 Å². The van der Waals surface area contributed by atoms with Crippen molar-refractivity contribution in [2.24, 2.45) is 0 Å². The van der Waals surface area contributed by atoms with Crippen molar-refractivity contribution < 1.29 is 17.7 Å². The van der Waals surface area contributed by atoms with E-state index in [1.165, 1.54) is 4.31 Å². The quantitative estimate of drug-likeness (QED) is 0.876. The molecule has 0 bridgehead atoms. The monoisotopic (exact) mass is 363 g/mol. The van der Waals surface area contributed by atoms with Crippen molar-refractivity contribution in [2.45, 2.75) is 26.2 Å². The van der Waals surface area contributed by atoms with Crippen molar-refractivity contribution in [2.75, 3.05) is 23.1 Å². The lowest BCUT2D eigenvalue weighted by atomic mass is 10.1. The number of rotatable bonds is 5. The summed E-state index contributed by atoms with van der Waals surface area (Å²) in [6, 6.07) is 8.55. The highest BCUT2D eigenvalue weighted by molar-refractivity contribution is 7.92. The first-order valence-electron chi connectivity index (χ1n) is 8.26. The number of aryl methyl sites for hydroxylation is 1. The van der Waals surface area contributed by atoms with Crippen LogP contribution in [0, 0.1) is 6.92 Å². The molecule has 1 aromatic carbocycles. The Morgan fingerprint density at radius 1 is 1.32 bits per heavy atom. The molecule has 1 N–H and O–H groups in total. The van der Waals surface area contributed by atoms with E-state index >= 15 is 0 Å². The molecule has 2 heterocycles. The fraction of sp³-hybridized carbons (Fsp3) is 0.412. The van der Waals surface area contributed by atoms with Crippen LogP contribution in [0.1, 0.15) is 34.7 Å². The maximum Gasteiger partial charge on any atom is 0.251 e. The molecule has 0 spiro atoms. The van der Waals surface area contributed by atoms with E-state index in [0.717, 1.165) is 17.9 Å². The molecule has 0 radical (unpaired) electrons. The molecular formula is C17H21N3O4S. The van der Waals surface area contributed by atoms with Crippen molar-refractivity contribution in [3.05, 3.63) is 47.3 Å². The third kappa shape index (κ3) is 4.19. The minimum absolute atomic E-state index is 0.153. The fourth-order valence-electron chi connectivity index (χ4n) is 2.82. The number of carbonyl (C=O) groups excluding carboxylic acids is 1. The third-order valence-corrected chi connectivity index (χ3v) is 5.96. The van der Waals surface area contributed by atoms with Gasteiger partial charge in [-0.1, -0.05) is 11.2 Å². The lowest BCUT2D eigenvalue weighted by molar-refractivity contribution is 0.0954. The Morgan fingerprint density at radius 3 is 2.88 bits per heavy atom. The predicted octanol–water partition coefficient (Wildman–Crippen LogP) is 1.89. The Kier molecular flexibility index (Phi) is 5.08. The first-order valence-corrected chi connectivity index (χ1v) is 9.87. The Morgan fingerprint density at radius 2 is 2.16 bits per heavy atom. The SMILES string of the molecule is Cc1cc(CCNC(=O)c2cccc(N3CCCCS3(=O)=O)c2)no1. The highest BCUT2D eigenvalue weighted by Crippen LogP contribution is 2.24. The molecule has 7 nitrogen and oxygen atoms in total. The van der Waals surface area contributed by atoms with Crippen LogP contribution < -0.4 is 9.62 Å². The van der Waals surface area contributed by atoms with Crippen molar-refractivity contribution >= 4 is 21.6 Å². The van der Waals surface area contributed by atoms with Crippen molar-refractivity contribution in [1.82, 2.24) is 10.5 Å². The van der Waals surface area contributed by atoms with Gasteiger partial charge < -0.3 is 9.84 Å². The summed E-state index contributed by atoms with van der Waals surface area (Å²) in [7, 11) is -3.29. The van der Waals surface area contributed by atoms with Gasteiger partial charge in [-0.2, -0.15) is 0 Å². The van der Waals surface area contributed by atoms with Gasteiger partial charge in [0.25, 0.3) is 5.91 Å².